The monoisotopic (exact) mass is 829 g/mol. The van der Waals surface area contributed by atoms with E-state index in [1.165, 1.54) is 117 Å². The number of alkyl halides is 1. The Hall–Kier alpha value is -1.86. The first kappa shape index (κ1) is 65.0. The van der Waals surface area contributed by atoms with Crippen LogP contribution in [-0.2, 0) is 11.8 Å². The summed E-state index contributed by atoms with van der Waals surface area (Å²) >= 11 is 2.94. The molecule has 0 amide bonds. The third-order valence-electron chi connectivity index (χ3n) is 7.49. The lowest BCUT2D eigenvalue weighted by Gasteiger charge is -2.18. The first-order valence-electron chi connectivity index (χ1n) is 22.4. The average molecular weight is 830 g/mol. The summed E-state index contributed by atoms with van der Waals surface area (Å²) in [5.74, 6) is 1.81. The standard InChI is InChI=1S/2C11H16.C8H10.C7H16.2C5H12.C4H10.C2H6.CH3Br/c1-9-5-7-10(8-6-9)11(2,3)4;1-3-4-5-11-8-6-10(2)7-9-11;1-7-3-5-8(2)6-4-7;1-3-5-7-6-4-2;1-5(2,3)4;1-3-5-4-2;1-3-4-2;2*1-2/h5-8H,1-4H3;6-9H,3-5H2,1-2H3;3-6H,1-2H3;3-7H2,1-2H3;1-4H3;3-5H2,1-2H3;3-4H2,1-2H3;1-2H3;1H3. The molecule has 0 aliphatic heterocycles. The zero-order valence-electron chi connectivity index (χ0n) is 41.5. The van der Waals surface area contributed by atoms with Crippen LogP contribution in [0.5, 0.6) is 0 Å². The normalized spacial score (nSPS) is 9.49. The fourth-order valence-corrected chi connectivity index (χ4v) is 3.86. The van der Waals surface area contributed by atoms with Gasteiger partial charge in [-0.1, -0.05) is 292 Å². The Balaban J connectivity index is -0.000000129. The Morgan fingerprint density at radius 3 is 0.836 bits per heavy atom. The van der Waals surface area contributed by atoms with Crippen molar-refractivity contribution in [1.29, 1.82) is 0 Å². The minimum absolute atomic E-state index is 0.285. The van der Waals surface area contributed by atoms with E-state index in [0.29, 0.717) is 5.41 Å². The summed E-state index contributed by atoms with van der Waals surface area (Å²) in [6, 6.07) is 26.0. The second-order valence-electron chi connectivity index (χ2n) is 16.8. The first-order chi connectivity index (χ1) is 25.9. The molecule has 0 saturated heterocycles. The topological polar surface area (TPSA) is 0 Å². The summed E-state index contributed by atoms with van der Waals surface area (Å²) in [6.45, 7) is 43.4. The van der Waals surface area contributed by atoms with Gasteiger partial charge < -0.3 is 0 Å². The lowest BCUT2D eigenvalue weighted by atomic mass is 9.87. The van der Waals surface area contributed by atoms with Crippen molar-refractivity contribution < 1.29 is 0 Å². The molecule has 0 radical (unpaired) electrons. The van der Waals surface area contributed by atoms with E-state index in [4.69, 9.17) is 0 Å². The summed E-state index contributed by atoms with van der Waals surface area (Å²) in [7, 11) is 0. The maximum Gasteiger partial charge on any atom is -0.00848 e. The predicted octanol–water partition coefficient (Wildman–Crippen LogP) is 20.0. The molecule has 0 nitrogen and oxygen atoms in total. The van der Waals surface area contributed by atoms with E-state index in [0.717, 1.165) is 0 Å². The van der Waals surface area contributed by atoms with Gasteiger partial charge in [0, 0.05) is 0 Å². The van der Waals surface area contributed by atoms with Crippen molar-refractivity contribution in [2.24, 2.45) is 5.41 Å². The van der Waals surface area contributed by atoms with Crippen LogP contribution in [0.3, 0.4) is 0 Å². The van der Waals surface area contributed by atoms with Gasteiger partial charge in [0.05, 0.1) is 0 Å². The molecule has 55 heavy (non-hydrogen) atoms. The van der Waals surface area contributed by atoms with Gasteiger partial charge in [0.2, 0.25) is 0 Å². The van der Waals surface area contributed by atoms with E-state index in [9.17, 15) is 0 Å². The van der Waals surface area contributed by atoms with Gasteiger partial charge in [-0.2, -0.15) is 0 Å². The van der Waals surface area contributed by atoms with Gasteiger partial charge in [-0.15, -0.1) is 0 Å². The Kier molecular flexibility index (Phi) is 57.1. The highest BCUT2D eigenvalue weighted by atomic mass is 79.9. The van der Waals surface area contributed by atoms with Crippen molar-refractivity contribution in [3.8, 4) is 0 Å². The lowest BCUT2D eigenvalue weighted by molar-refractivity contribution is 0.469. The molecule has 0 bridgehead atoms. The zero-order valence-corrected chi connectivity index (χ0v) is 43.1. The third-order valence-corrected chi connectivity index (χ3v) is 7.49. The number of hydrogen-bond donors (Lipinski definition) is 0. The Morgan fingerprint density at radius 2 is 0.618 bits per heavy atom. The fraction of sp³-hybridized carbons (Fsp3) is 0.667. The van der Waals surface area contributed by atoms with Gasteiger partial charge in [-0.05, 0) is 68.3 Å². The van der Waals surface area contributed by atoms with Crippen LogP contribution in [0.15, 0.2) is 72.8 Å². The van der Waals surface area contributed by atoms with Crippen molar-refractivity contribution in [2.45, 2.75) is 227 Å². The largest absolute Gasteiger partial charge is 0.0966 e. The molecule has 324 valence electrons. The van der Waals surface area contributed by atoms with Crippen LogP contribution >= 0.6 is 15.9 Å². The lowest BCUT2D eigenvalue weighted by Crippen LogP contribution is -2.10. The SMILES string of the molecule is CBr.CC.CC(C)(C)C.CCCC.CCCCC.CCCCCCC.CCCCc1ccc(C)cc1.Cc1ccc(C(C)(C)C)cc1.Cc1ccc(C)cc1. The maximum atomic E-state index is 2.94. The molecule has 3 aromatic rings. The summed E-state index contributed by atoms with van der Waals surface area (Å²) < 4.78 is 0. The van der Waals surface area contributed by atoms with Gasteiger partial charge >= 0.3 is 0 Å². The van der Waals surface area contributed by atoms with Gasteiger partial charge in [0.25, 0.3) is 0 Å². The quantitative estimate of drug-likeness (QED) is 0.141. The third kappa shape index (κ3) is 64.3. The summed E-state index contributed by atoms with van der Waals surface area (Å²) in [6.07, 6.45) is 17.6. The van der Waals surface area contributed by atoms with Crippen molar-refractivity contribution in [2.75, 3.05) is 5.83 Å². The summed E-state index contributed by atoms with van der Waals surface area (Å²) in [4.78, 5) is 0. The first-order valence-corrected chi connectivity index (χ1v) is 24.0. The van der Waals surface area contributed by atoms with E-state index in [-0.39, 0.29) is 5.41 Å². The molecule has 0 aliphatic rings. The maximum absolute atomic E-state index is 2.94. The minimum atomic E-state index is 0.285. The molecule has 3 rings (SSSR count). The van der Waals surface area contributed by atoms with Crippen LogP contribution in [-0.4, -0.2) is 5.83 Å². The highest BCUT2D eigenvalue weighted by Gasteiger charge is 2.11. The van der Waals surface area contributed by atoms with E-state index in [1.54, 1.807) is 0 Å². The zero-order chi connectivity index (χ0) is 44.1. The van der Waals surface area contributed by atoms with Gasteiger partial charge in [-0.3, -0.25) is 0 Å². The summed E-state index contributed by atoms with van der Waals surface area (Å²) in [5, 5.41) is 0. The van der Waals surface area contributed by atoms with Gasteiger partial charge in [0.1, 0.15) is 0 Å². The summed E-state index contributed by atoms with van der Waals surface area (Å²) in [5.41, 5.74) is 9.00. The number of unbranched alkanes of at least 4 members (excludes halogenated alkanes) is 8. The van der Waals surface area contributed by atoms with Crippen LogP contribution < -0.4 is 0 Å². The molecule has 0 spiro atoms. The van der Waals surface area contributed by atoms with E-state index in [2.05, 4.69) is 213 Å². The predicted molar refractivity (Wildman–Crippen MR) is 267 cm³/mol. The number of halogens is 1. The van der Waals surface area contributed by atoms with Crippen LogP contribution in [0.4, 0.5) is 0 Å². The molecule has 0 aromatic heterocycles. The van der Waals surface area contributed by atoms with Crippen molar-refractivity contribution in [3.05, 3.63) is 106 Å². The Morgan fingerprint density at radius 1 is 0.364 bits per heavy atom. The Bertz CT molecular complexity index is 1030. The highest BCUT2D eigenvalue weighted by Crippen LogP contribution is 2.21. The Labute approximate surface area is 359 Å². The molecule has 0 aliphatic carbocycles. The second-order valence-corrected chi connectivity index (χ2v) is 16.8. The fourth-order valence-electron chi connectivity index (χ4n) is 3.86. The molecule has 0 saturated carbocycles. The smallest absolute Gasteiger partial charge is 0.00848 e. The van der Waals surface area contributed by atoms with Crippen LogP contribution in [0.1, 0.15) is 221 Å². The number of aryl methyl sites for hydroxylation is 5. The van der Waals surface area contributed by atoms with Crippen LogP contribution in [0.2, 0.25) is 0 Å². The van der Waals surface area contributed by atoms with Gasteiger partial charge in [0.15, 0.2) is 0 Å². The van der Waals surface area contributed by atoms with E-state index >= 15 is 0 Å². The number of benzene rings is 3. The van der Waals surface area contributed by atoms with Gasteiger partial charge in [-0.25, -0.2) is 0 Å². The highest BCUT2D eigenvalue weighted by molar-refractivity contribution is 9.08. The molecule has 0 fully saturated rings. The molecular weight excluding hydrogens is 728 g/mol. The van der Waals surface area contributed by atoms with Crippen molar-refractivity contribution >= 4 is 15.9 Å². The molecule has 0 N–H and O–H groups in total. The van der Waals surface area contributed by atoms with E-state index < -0.39 is 0 Å². The molecule has 1 heteroatoms. The van der Waals surface area contributed by atoms with Crippen molar-refractivity contribution in [1.82, 2.24) is 0 Å². The average Bonchev–Trinajstić information content (AvgIpc) is 3.15. The number of hydrogen-bond acceptors (Lipinski definition) is 0. The second kappa shape index (κ2) is 48.3. The minimum Gasteiger partial charge on any atom is -0.0966 e. The molecule has 0 heterocycles. The van der Waals surface area contributed by atoms with Crippen molar-refractivity contribution in [3.63, 3.8) is 0 Å². The van der Waals surface area contributed by atoms with Crippen LogP contribution in [0, 0.1) is 33.1 Å². The van der Waals surface area contributed by atoms with E-state index in [1.807, 2.05) is 19.7 Å². The molecule has 3 aromatic carbocycles. The molecule has 0 atom stereocenters. The number of rotatable bonds is 10. The molecule has 0 unspecified atom stereocenters. The molecular formula is C54H101Br. The van der Waals surface area contributed by atoms with Crippen LogP contribution in [0.25, 0.3) is 0 Å².